The van der Waals surface area contributed by atoms with Crippen molar-refractivity contribution >= 4 is 28.9 Å². The number of rotatable bonds is 3. The molecule has 0 fully saturated rings. The molecule has 0 saturated heterocycles. The fourth-order valence-electron chi connectivity index (χ4n) is 3.12. The van der Waals surface area contributed by atoms with Gasteiger partial charge in [0.05, 0.1) is 22.7 Å². The quantitative estimate of drug-likeness (QED) is 0.668. The summed E-state index contributed by atoms with van der Waals surface area (Å²) in [6, 6.07) is 12.6. The minimum atomic E-state index is -0.604. The van der Waals surface area contributed by atoms with Crippen molar-refractivity contribution < 1.29 is 14.4 Å². The average Bonchev–Trinajstić information content (AvgIpc) is 3.23. The molecule has 3 aromatic rings. The van der Waals surface area contributed by atoms with E-state index >= 15 is 0 Å². The van der Waals surface area contributed by atoms with Gasteiger partial charge in [0, 0.05) is 0 Å². The van der Waals surface area contributed by atoms with E-state index in [9.17, 15) is 14.4 Å². The van der Waals surface area contributed by atoms with Crippen molar-refractivity contribution in [1.29, 1.82) is 0 Å². The number of hydrogen-bond acceptors (Lipinski definition) is 5. The van der Waals surface area contributed by atoms with Gasteiger partial charge >= 0.3 is 6.03 Å². The van der Waals surface area contributed by atoms with Crippen LogP contribution in [0, 0.1) is 0 Å². The lowest BCUT2D eigenvalue weighted by atomic mass is 10.1. The van der Waals surface area contributed by atoms with E-state index in [4.69, 9.17) is 0 Å². The predicted molar refractivity (Wildman–Crippen MR) is 96.9 cm³/mol. The number of hydrazine groups is 1. The molecule has 0 aliphatic carbocycles. The summed E-state index contributed by atoms with van der Waals surface area (Å²) >= 11 is 0. The van der Waals surface area contributed by atoms with Crippen molar-refractivity contribution in [3.8, 4) is 0 Å². The van der Waals surface area contributed by atoms with Crippen molar-refractivity contribution in [3.63, 3.8) is 0 Å². The Morgan fingerprint density at radius 1 is 1.04 bits per heavy atom. The third-order valence-electron chi connectivity index (χ3n) is 4.73. The van der Waals surface area contributed by atoms with Crippen LogP contribution in [0.5, 0.6) is 0 Å². The molecular weight excluding hydrogens is 346 g/mol. The van der Waals surface area contributed by atoms with Gasteiger partial charge in [-0.05, 0) is 37.6 Å². The molecule has 0 bridgehead atoms. The van der Waals surface area contributed by atoms with E-state index in [2.05, 4.69) is 10.3 Å². The van der Waals surface area contributed by atoms with Gasteiger partial charge in [0.1, 0.15) is 5.52 Å². The van der Waals surface area contributed by atoms with E-state index < -0.39 is 23.9 Å². The molecule has 0 saturated carbocycles. The topological polar surface area (TPSA) is 88.4 Å². The molecular formula is C19H17N5O3. The fourth-order valence-corrected chi connectivity index (χ4v) is 3.12. The highest BCUT2D eigenvalue weighted by Crippen LogP contribution is 2.27. The number of nitrogens with zero attached hydrogens (tertiary/aromatic N) is 5. The van der Waals surface area contributed by atoms with E-state index in [-0.39, 0.29) is 11.1 Å². The van der Waals surface area contributed by atoms with Crippen molar-refractivity contribution in [3.05, 3.63) is 59.7 Å². The van der Waals surface area contributed by atoms with Gasteiger partial charge in [-0.2, -0.15) is 9.69 Å². The second-order valence-electron chi connectivity index (χ2n) is 6.34. The molecule has 1 aromatic heterocycles. The van der Waals surface area contributed by atoms with E-state index in [1.807, 2.05) is 6.92 Å². The maximum Gasteiger partial charge on any atom is 0.366 e. The van der Waals surface area contributed by atoms with Gasteiger partial charge in [-0.1, -0.05) is 36.4 Å². The van der Waals surface area contributed by atoms with Crippen LogP contribution in [0.4, 0.5) is 4.79 Å². The van der Waals surface area contributed by atoms with Crippen molar-refractivity contribution in [2.24, 2.45) is 0 Å². The summed E-state index contributed by atoms with van der Waals surface area (Å²) in [7, 11) is 0. The Kier molecular flexibility index (Phi) is 3.95. The number of benzene rings is 2. The highest BCUT2D eigenvalue weighted by atomic mass is 16.2. The van der Waals surface area contributed by atoms with Crippen LogP contribution in [0.1, 0.15) is 41.0 Å². The normalized spacial score (nSPS) is 14.5. The third kappa shape index (κ3) is 2.49. The predicted octanol–water partition coefficient (Wildman–Crippen LogP) is 2.71. The first-order valence-corrected chi connectivity index (χ1v) is 8.66. The molecule has 1 atom stereocenters. The molecule has 8 heteroatoms. The smallest absolute Gasteiger partial charge is 0.267 e. The van der Waals surface area contributed by atoms with Crippen LogP contribution in [0.3, 0.4) is 0 Å². The van der Waals surface area contributed by atoms with E-state index in [0.717, 1.165) is 9.69 Å². The minimum Gasteiger partial charge on any atom is -0.267 e. The Balaban J connectivity index is 1.80. The molecule has 1 aliphatic rings. The van der Waals surface area contributed by atoms with Gasteiger partial charge in [-0.15, -0.1) is 5.10 Å². The molecule has 3 amide bonds. The van der Waals surface area contributed by atoms with Crippen LogP contribution in [-0.2, 0) is 0 Å². The molecule has 2 heterocycles. The lowest BCUT2D eigenvalue weighted by molar-refractivity contribution is 0.00397. The van der Waals surface area contributed by atoms with Crippen LogP contribution in [0.25, 0.3) is 11.0 Å². The fraction of sp³-hybridized carbons (Fsp3) is 0.211. The van der Waals surface area contributed by atoms with Crippen LogP contribution in [-0.4, -0.2) is 48.9 Å². The molecule has 1 aliphatic heterocycles. The second-order valence-corrected chi connectivity index (χ2v) is 6.34. The van der Waals surface area contributed by atoms with E-state index in [0.29, 0.717) is 17.5 Å². The Labute approximate surface area is 154 Å². The van der Waals surface area contributed by atoms with Crippen LogP contribution in [0.15, 0.2) is 48.5 Å². The Morgan fingerprint density at radius 3 is 2.26 bits per heavy atom. The number of hydrogen-bond donors (Lipinski definition) is 0. The Morgan fingerprint density at radius 2 is 1.63 bits per heavy atom. The highest BCUT2D eigenvalue weighted by Gasteiger charge is 2.43. The average molecular weight is 363 g/mol. The number of fused-ring (bicyclic) bond motifs is 2. The van der Waals surface area contributed by atoms with Crippen LogP contribution >= 0.6 is 0 Å². The van der Waals surface area contributed by atoms with Gasteiger partial charge < -0.3 is 0 Å². The Bertz CT molecular complexity index is 1040. The first kappa shape index (κ1) is 16.9. The zero-order valence-electron chi connectivity index (χ0n) is 14.9. The molecule has 0 radical (unpaired) electrons. The number of imide groups is 1. The SMILES string of the molecule is CCC(C)N(C(=O)n1nnc2ccccc21)N1C(=O)c2ccccc2C1=O. The van der Waals surface area contributed by atoms with Crippen molar-refractivity contribution in [2.75, 3.05) is 0 Å². The zero-order chi connectivity index (χ0) is 19.1. The molecule has 1 unspecified atom stereocenters. The van der Waals surface area contributed by atoms with E-state index in [1.165, 1.54) is 5.01 Å². The molecule has 8 nitrogen and oxygen atoms in total. The molecule has 0 spiro atoms. The summed E-state index contributed by atoms with van der Waals surface area (Å²) in [5.74, 6) is -1.04. The minimum absolute atomic E-state index is 0.284. The maximum absolute atomic E-state index is 13.3. The standard InChI is InChI=1S/C19H17N5O3/c1-3-12(2)23(19(27)22-16-11-7-6-10-15(16)20-21-22)24-17(25)13-8-4-5-9-14(13)18(24)26/h4-12H,3H2,1-2H3. The molecule has 0 N–H and O–H groups in total. The van der Waals surface area contributed by atoms with E-state index in [1.54, 1.807) is 55.5 Å². The van der Waals surface area contributed by atoms with Crippen LogP contribution < -0.4 is 0 Å². The van der Waals surface area contributed by atoms with Crippen molar-refractivity contribution in [1.82, 2.24) is 25.0 Å². The second kappa shape index (κ2) is 6.31. The lowest BCUT2D eigenvalue weighted by Crippen LogP contribution is -2.55. The van der Waals surface area contributed by atoms with Gasteiger partial charge in [0.25, 0.3) is 11.8 Å². The Hall–Kier alpha value is -3.55. The maximum atomic E-state index is 13.3. The van der Waals surface area contributed by atoms with Gasteiger partial charge in [-0.3, -0.25) is 9.59 Å². The van der Waals surface area contributed by atoms with Crippen molar-refractivity contribution in [2.45, 2.75) is 26.3 Å². The summed E-state index contributed by atoms with van der Waals surface area (Å²) in [4.78, 5) is 39.0. The largest absolute Gasteiger partial charge is 0.366 e. The molecule has 27 heavy (non-hydrogen) atoms. The first-order valence-electron chi connectivity index (χ1n) is 8.66. The number of carbonyl (C=O) groups excluding carboxylic acids is 3. The number of carbonyl (C=O) groups is 3. The zero-order valence-corrected chi connectivity index (χ0v) is 14.9. The summed E-state index contributed by atoms with van der Waals surface area (Å²) in [5, 5.41) is 10.0. The molecule has 136 valence electrons. The number of amides is 3. The monoisotopic (exact) mass is 363 g/mol. The summed E-state index contributed by atoms with van der Waals surface area (Å²) < 4.78 is 1.12. The summed E-state index contributed by atoms with van der Waals surface area (Å²) in [5.41, 5.74) is 1.63. The van der Waals surface area contributed by atoms with Gasteiger partial charge in [0.2, 0.25) is 0 Å². The third-order valence-corrected chi connectivity index (χ3v) is 4.73. The number of aromatic nitrogens is 3. The highest BCUT2D eigenvalue weighted by molar-refractivity contribution is 6.21. The van der Waals surface area contributed by atoms with Crippen LogP contribution in [0.2, 0.25) is 0 Å². The lowest BCUT2D eigenvalue weighted by Gasteiger charge is -2.33. The van der Waals surface area contributed by atoms with Gasteiger partial charge in [0.15, 0.2) is 0 Å². The van der Waals surface area contributed by atoms with Gasteiger partial charge in [-0.25, -0.2) is 9.80 Å². The summed E-state index contributed by atoms with van der Waals surface area (Å²) in [6.07, 6.45) is 0.547. The summed E-state index contributed by atoms with van der Waals surface area (Å²) in [6.45, 7) is 3.66. The molecule has 2 aromatic carbocycles. The number of para-hydroxylation sites is 1. The molecule has 4 rings (SSSR count). The first-order chi connectivity index (χ1) is 13.0.